The Morgan fingerprint density at radius 3 is 2.17 bits per heavy atom. The summed E-state index contributed by atoms with van der Waals surface area (Å²) in [6.07, 6.45) is 9.17. The van der Waals surface area contributed by atoms with Crippen LogP contribution in [0, 0.1) is 18.1 Å². The first-order valence-corrected chi connectivity index (χ1v) is 25.6. The second-order valence-corrected chi connectivity index (χ2v) is 25.8. The average molecular weight is 925 g/mol. The van der Waals surface area contributed by atoms with Crippen molar-refractivity contribution >= 4 is 39.7 Å². The van der Waals surface area contributed by atoms with Crippen molar-refractivity contribution in [2.45, 2.75) is 76.6 Å². The monoisotopic (exact) mass is 926 g/mol. The largest absolute Gasteiger partial charge is 0.486 e. The Labute approximate surface area is 326 Å². The number of rotatable bonds is 9. The number of furan rings is 1. The topological polar surface area (TPSA) is 51.8 Å². The molecule has 269 valence electrons. The SMILES string of the molecule is CC(C)Cc1cc(-c2[c-]cccc2)nc[c]1[Ge]([CH3])([CH3])[CH3].CCC(C)(CC)c1ccnc(-c2[c-]cc3oc4nccc(-c5ccccc5)c4c3c2)c1.[Ir]. The van der Waals surface area contributed by atoms with Gasteiger partial charge < -0.3 is 9.40 Å². The summed E-state index contributed by atoms with van der Waals surface area (Å²) in [5.41, 5.74) is 10.7. The first-order valence-electron chi connectivity index (χ1n) is 18.2. The predicted octanol–water partition coefficient (Wildman–Crippen LogP) is 11.9. The number of aromatic nitrogens is 3. The maximum atomic E-state index is 6.06. The van der Waals surface area contributed by atoms with Crippen molar-refractivity contribution in [2.24, 2.45) is 5.92 Å². The van der Waals surface area contributed by atoms with Crippen LogP contribution in [0.3, 0.4) is 0 Å². The first-order chi connectivity index (χ1) is 24.5. The minimum atomic E-state index is -1.86. The van der Waals surface area contributed by atoms with E-state index in [2.05, 4.69) is 141 Å². The summed E-state index contributed by atoms with van der Waals surface area (Å²) >= 11 is -1.86. The minimum Gasteiger partial charge on any atom is -0.486 e. The third kappa shape index (κ3) is 8.65. The van der Waals surface area contributed by atoms with Gasteiger partial charge >= 0.3 is 126 Å². The molecule has 4 heterocycles. The predicted molar refractivity (Wildman–Crippen MR) is 217 cm³/mol. The molecule has 0 aliphatic heterocycles. The Morgan fingerprint density at radius 1 is 0.788 bits per heavy atom. The van der Waals surface area contributed by atoms with Gasteiger partial charge in [-0.1, -0.05) is 62.6 Å². The summed E-state index contributed by atoms with van der Waals surface area (Å²) in [6.45, 7) is 11.4. The molecule has 0 amide bonds. The zero-order valence-corrected chi connectivity index (χ0v) is 36.2. The average Bonchev–Trinajstić information content (AvgIpc) is 3.53. The van der Waals surface area contributed by atoms with Gasteiger partial charge in [0.2, 0.25) is 5.71 Å². The summed E-state index contributed by atoms with van der Waals surface area (Å²) in [7, 11) is 0. The number of hydrogen-bond acceptors (Lipinski definition) is 4. The zero-order chi connectivity index (χ0) is 36.2. The fourth-order valence-corrected chi connectivity index (χ4v) is 10.1. The smallest absolute Gasteiger partial charge is 0.216 e. The minimum absolute atomic E-state index is 0. The first kappa shape index (κ1) is 39.3. The maximum absolute atomic E-state index is 6.06. The van der Waals surface area contributed by atoms with E-state index in [1.807, 2.05) is 36.5 Å². The van der Waals surface area contributed by atoms with E-state index in [-0.39, 0.29) is 25.5 Å². The normalized spacial score (nSPS) is 11.7. The van der Waals surface area contributed by atoms with Gasteiger partial charge in [0.1, 0.15) is 0 Å². The van der Waals surface area contributed by atoms with Gasteiger partial charge in [-0.2, -0.15) is 0 Å². The van der Waals surface area contributed by atoms with Crippen LogP contribution in [0.25, 0.3) is 55.7 Å². The van der Waals surface area contributed by atoms with Gasteiger partial charge in [0, 0.05) is 37.9 Å². The molecule has 0 fully saturated rings. The molecule has 0 aliphatic carbocycles. The fourth-order valence-electron chi connectivity index (χ4n) is 6.74. The van der Waals surface area contributed by atoms with E-state index in [4.69, 9.17) is 9.40 Å². The molecule has 3 aromatic carbocycles. The van der Waals surface area contributed by atoms with Crippen LogP contribution in [0.5, 0.6) is 0 Å². The Kier molecular flexibility index (Phi) is 12.7. The Bertz CT molecular complexity index is 2240. The van der Waals surface area contributed by atoms with E-state index in [9.17, 15) is 0 Å². The molecule has 0 aliphatic rings. The molecule has 0 unspecified atom stereocenters. The van der Waals surface area contributed by atoms with E-state index < -0.39 is 13.3 Å². The van der Waals surface area contributed by atoms with Crippen molar-refractivity contribution in [3.05, 3.63) is 133 Å². The van der Waals surface area contributed by atoms with E-state index >= 15 is 0 Å². The summed E-state index contributed by atoms with van der Waals surface area (Å²) in [4.78, 5) is 13.8. The van der Waals surface area contributed by atoms with Crippen molar-refractivity contribution in [1.82, 2.24) is 15.0 Å². The van der Waals surface area contributed by atoms with Crippen molar-refractivity contribution in [3.8, 4) is 33.6 Å². The Morgan fingerprint density at radius 2 is 1.50 bits per heavy atom. The molecule has 1 radical (unpaired) electrons. The van der Waals surface area contributed by atoms with Crippen molar-refractivity contribution in [1.29, 1.82) is 0 Å². The van der Waals surface area contributed by atoms with Crippen LogP contribution in [0.4, 0.5) is 0 Å². The van der Waals surface area contributed by atoms with Crippen LogP contribution in [0.2, 0.25) is 17.3 Å². The molecule has 4 nitrogen and oxygen atoms in total. The van der Waals surface area contributed by atoms with E-state index in [1.54, 1.807) is 10.6 Å². The van der Waals surface area contributed by atoms with Crippen molar-refractivity contribution in [2.75, 3.05) is 0 Å². The summed E-state index contributed by atoms with van der Waals surface area (Å²) < 4.78 is 7.60. The van der Waals surface area contributed by atoms with Gasteiger partial charge in [0.05, 0.1) is 5.58 Å². The zero-order valence-electron chi connectivity index (χ0n) is 31.7. The second-order valence-electron chi connectivity index (χ2n) is 15.2. The van der Waals surface area contributed by atoms with Gasteiger partial charge in [-0.05, 0) is 52.8 Å². The molecule has 7 rings (SSSR count). The molecule has 0 bridgehead atoms. The number of hydrogen-bond donors (Lipinski definition) is 0. The third-order valence-electron chi connectivity index (χ3n) is 10.1. The van der Waals surface area contributed by atoms with E-state index in [1.165, 1.54) is 11.1 Å². The van der Waals surface area contributed by atoms with Crippen LogP contribution in [0.15, 0.2) is 114 Å². The second kappa shape index (κ2) is 16.8. The quantitative estimate of drug-likeness (QED) is 0.107. The molecule has 6 heteroatoms. The van der Waals surface area contributed by atoms with Gasteiger partial charge in [0.15, 0.2) is 0 Å². The van der Waals surface area contributed by atoms with Crippen LogP contribution in [0.1, 0.15) is 58.6 Å². The molecule has 0 atom stereocenters. The Hall–Kier alpha value is -3.90. The van der Waals surface area contributed by atoms with Crippen molar-refractivity contribution in [3.63, 3.8) is 0 Å². The molecule has 0 spiro atoms. The van der Waals surface area contributed by atoms with Gasteiger partial charge in [-0.15, -0.1) is 23.8 Å². The van der Waals surface area contributed by atoms with Gasteiger partial charge in [-0.25, -0.2) is 4.98 Å². The molecule has 52 heavy (non-hydrogen) atoms. The van der Waals surface area contributed by atoms with Crippen LogP contribution in [-0.2, 0) is 31.9 Å². The molecule has 7 aromatic rings. The van der Waals surface area contributed by atoms with Gasteiger partial charge in [-0.3, -0.25) is 0 Å². The molecule has 0 N–H and O–H groups in total. The molecule has 0 saturated heterocycles. The van der Waals surface area contributed by atoms with Crippen molar-refractivity contribution < 1.29 is 24.5 Å². The summed E-state index contributed by atoms with van der Waals surface area (Å²) in [5, 5.41) is 2.07. The number of fused-ring (bicyclic) bond motifs is 3. The summed E-state index contributed by atoms with van der Waals surface area (Å²) in [6, 6.07) is 37.8. The molecule has 0 saturated carbocycles. The number of pyridine rings is 3. The molecular formula is C46H49GeIrN3O-2. The molecular weight excluding hydrogens is 875 g/mol. The Balaban J connectivity index is 0.000000217. The fraction of sp³-hybridized carbons (Fsp3) is 0.283. The summed E-state index contributed by atoms with van der Waals surface area (Å²) in [5.74, 6) is 7.99. The van der Waals surface area contributed by atoms with Crippen LogP contribution < -0.4 is 4.40 Å². The standard InChI is InChI=1S/C28H25N2O.C18H24GeN.Ir/c1-4-28(3,5-2)21-13-15-29-24(18-21)20-11-12-25-23(17-20)26-22(14-16-30-27(26)31-25)19-9-7-6-8-10-19;1-14(2)11-16-12-18(15-9-7-6-8-10-15)20-13-17(16)19(3,4)5;/h6-10,12-18H,4-5H2,1-3H3;6-9,12-14H,11H2,1-5H3;/q2*-1;. The van der Waals surface area contributed by atoms with Gasteiger partial charge in [0.25, 0.3) is 0 Å². The van der Waals surface area contributed by atoms with Crippen LogP contribution in [-0.4, -0.2) is 28.2 Å². The van der Waals surface area contributed by atoms with E-state index in [0.29, 0.717) is 11.6 Å². The third-order valence-corrected chi connectivity index (χ3v) is 14.4. The number of benzene rings is 3. The number of nitrogens with zero attached hydrogens (tertiary/aromatic N) is 3. The maximum Gasteiger partial charge on any atom is 0.216 e. The van der Waals surface area contributed by atoms with E-state index in [0.717, 1.165) is 69.3 Å². The van der Waals surface area contributed by atoms with Crippen LogP contribution >= 0.6 is 0 Å². The molecule has 4 aromatic heterocycles.